The molecule has 0 aliphatic carbocycles. The SMILES string of the molecule is CCN(CC)c1c(C)nc2n1C(c1cccc([N+](=O)[O-])c1)C(C(=O)OC(CN1CCCCC1)c1ccccc1)=C(C)N2. The average Bonchev–Trinajstić information content (AvgIpc) is 3.32. The average molecular weight is 573 g/mol. The number of esters is 1. The summed E-state index contributed by atoms with van der Waals surface area (Å²) in [6, 6.07) is 15.7. The zero-order valence-electron chi connectivity index (χ0n) is 24.9. The molecule has 3 heterocycles. The molecule has 3 aromatic rings. The molecule has 1 fully saturated rings. The number of fused-ring (bicyclic) bond motifs is 1. The number of piperidine rings is 1. The van der Waals surface area contributed by atoms with E-state index in [1.54, 1.807) is 12.1 Å². The van der Waals surface area contributed by atoms with Crippen LogP contribution < -0.4 is 10.2 Å². The summed E-state index contributed by atoms with van der Waals surface area (Å²) < 4.78 is 8.39. The van der Waals surface area contributed by atoms with Gasteiger partial charge in [0.1, 0.15) is 11.9 Å². The van der Waals surface area contributed by atoms with E-state index in [1.165, 1.54) is 12.5 Å². The number of rotatable bonds is 10. The van der Waals surface area contributed by atoms with Gasteiger partial charge in [0.05, 0.1) is 22.2 Å². The van der Waals surface area contributed by atoms with Gasteiger partial charge in [0.25, 0.3) is 5.69 Å². The molecule has 2 atom stereocenters. The number of allylic oxidation sites excluding steroid dienone is 1. The highest BCUT2D eigenvalue weighted by Gasteiger charge is 2.38. The van der Waals surface area contributed by atoms with Crippen molar-refractivity contribution < 1.29 is 14.5 Å². The Morgan fingerprint density at radius 2 is 1.81 bits per heavy atom. The fourth-order valence-corrected chi connectivity index (χ4v) is 6.18. The van der Waals surface area contributed by atoms with Crippen molar-refractivity contribution in [3.05, 3.63) is 92.8 Å². The first kappa shape index (κ1) is 29.3. The highest BCUT2D eigenvalue weighted by atomic mass is 16.6. The molecular weight excluding hydrogens is 532 g/mol. The largest absolute Gasteiger partial charge is 0.453 e. The van der Waals surface area contributed by atoms with Crippen LogP contribution in [0.3, 0.4) is 0 Å². The number of nitrogens with zero attached hydrogens (tertiary/aromatic N) is 5. The lowest BCUT2D eigenvalue weighted by molar-refractivity contribution is -0.384. The second kappa shape index (κ2) is 12.8. The van der Waals surface area contributed by atoms with E-state index in [0.717, 1.165) is 56.1 Å². The van der Waals surface area contributed by atoms with E-state index in [4.69, 9.17) is 9.72 Å². The minimum Gasteiger partial charge on any atom is -0.453 e. The van der Waals surface area contributed by atoms with Gasteiger partial charge in [0.15, 0.2) is 0 Å². The van der Waals surface area contributed by atoms with Crippen LogP contribution in [0, 0.1) is 17.0 Å². The molecule has 2 aromatic carbocycles. The number of hydrogen-bond acceptors (Lipinski definition) is 8. The molecule has 0 amide bonds. The lowest BCUT2D eigenvalue weighted by Crippen LogP contribution is -2.36. The van der Waals surface area contributed by atoms with E-state index < -0.39 is 23.0 Å². The van der Waals surface area contributed by atoms with Crippen LogP contribution in [-0.4, -0.2) is 58.1 Å². The summed E-state index contributed by atoms with van der Waals surface area (Å²) in [6.45, 7) is 12.0. The monoisotopic (exact) mass is 572 g/mol. The first-order valence-electron chi connectivity index (χ1n) is 14.9. The van der Waals surface area contributed by atoms with Crippen LogP contribution in [0.4, 0.5) is 17.5 Å². The zero-order chi connectivity index (χ0) is 29.8. The fourth-order valence-electron chi connectivity index (χ4n) is 6.18. The maximum atomic E-state index is 14.4. The number of ether oxygens (including phenoxy) is 1. The van der Waals surface area contributed by atoms with E-state index in [2.05, 4.69) is 29.0 Å². The number of nitrogens with one attached hydrogen (secondary N) is 1. The first-order valence-corrected chi connectivity index (χ1v) is 14.9. The Morgan fingerprint density at radius 1 is 1.10 bits per heavy atom. The number of imidazole rings is 1. The highest BCUT2D eigenvalue weighted by molar-refractivity contribution is 5.93. The number of carbonyl (C=O) groups is 1. The summed E-state index contributed by atoms with van der Waals surface area (Å²) in [5.41, 5.74) is 3.36. The number of nitro benzene ring substituents is 1. The Labute approximate surface area is 247 Å². The van der Waals surface area contributed by atoms with Gasteiger partial charge in [0.2, 0.25) is 5.95 Å². The van der Waals surface area contributed by atoms with Crippen LogP contribution in [0.25, 0.3) is 0 Å². The third-order valence-corrected chi connectivity index (χ3v) is 8.26. The topological polar surface area (TPSA) is 106 Å². The Bertz CT molecular complexity index is 1460. The normalized spacial score (nSPS) is 17.8. The van der Waals surface area contributed by atoms with Gasteiger partial charge in [-0.15, -0.1) is 0 Å². The number of non-ortho nitro benzene ring substituents is 1. The predicted molar refractivity (Wildman–Crippen MR) is 164 cm³/mol. The van der Waals surface area contributed by atoms with Crippen molar-refractivity contribution in [1.82, 2.24) is 14.5 Å². The molecule has 0 radical (unpaired) electrons. The van der Waals surface area contributed by atoms with Crippen molar-refractivity contribution in [1.29, 1.82) is 0 Å². The summed E-state index contributed by atoms with van der Waals surface area (Å²) in [4.78, 5) is 35.1. The number of carbonyl (C=O) groups excluding carboxylic acids is 1. The molecule has 0 saturated carbocycles. The van der Waals surface area contributed by atoms with Crippen LogP contribution in [0.5, 0.6) is 0 Å². The molecular formula is C32H40N6O4. The van der Waals surface area contributed by atoms with E-state index in [0.29, 0.717) is 29.3 Å². The smallest absolute Gasteiger partial charge is 0.338 e. The maximum Gasteiger partial charge on any atom is 0.338 e. The molecule has 0 bridgehead atoms. The summed E-state index contributed by atoms with van der Waals surface area (Å²) >= 11 is 0. The molecule has 2 aliphatic heterocycles. The number of likely N-dealkylation sites (tertiary alicyclic amines) is 1. The number of aryl methyl sites for hydroxylation is 1. The van der Waals surface area contributed by atoms with Crippen LogP contribution >= 0.6 is 0 Å². The number of hydrogen-bond donors (Lipinski definition) is 1. The summed E-state index contributed by atoms with van der Waals surface area (Å²) in [7, 11) is 0. The molecule has 1 saturated heterocycles. The van der Waals surface area contributed by atoms with Gasteiger partial charge in [-0.05, 0) is 64.8 Å². The number of anilines is 2. The van der Waals surface area contributed by atoms with Gasteiger partial charge in [-0.1, -0.05) is 48.9 Å². The number of aromatic nitrogens is 2. The van der Waals surface area contributed by atoms with Gasteiger partial charge >= 0.3 is 5.97 Å². The minimum atomic E-state index is -0.670. The van der Waals surface area contributed by atoms with Gasteiger partial charge in [-0.25, -0.2) is 9.78 Å². The summed E-state index contributed by atoms with van der Waals surface area (Å²) in [5, 5.41) is 15.1. The van der Waals surface area contributed by atoms with Crippen LogP contribution in [0.15, 0.2) is 65.9 Å². The third-order valence-electron chi connectivity index (χ3n) is 8.26. The van der Waals surface area contributed by atoms with Crippen molar-refractivity contribution in [2.24, 2.45) is 0 Å². The second-order valence-corrected chi connectivity index (χ2v) is 11.0. The minimum absolute atomic E-state index is 0.0357. The molecule has 1 aromatic heterocycles. The van der Waals surface area contributed by atoms with Crippen molar-refractivity contribution in [3.63, 3.8) is 0 Å². The molecule has 42 heavy (non-hydrogen) atoms. The molecule has 10 nitrogen and oxygen atoms in total. The molecule has 1 N–H and O–H groups in total. The van der Waals surface area contributed by atoms with Crippen molar-refractivity contribution in [3.8, 4) is 0 Å². The lowest BCUT2D eigenvalue weighted by atomic mass is 9.94. The Kier molecular flexibility index (Phi) is 8.91. The quantitative estimate of drug-likeness (QED) is 0.179. The van der Waals surface area contributed by atoms with E-state index >= 15 is 0 Å². The second-order valence-electron chi connectivity index (χ2n) is 11.0. The molecule has 2 unspecified atom stereocenters. The Balaban J connectivity index is 1.60. The fraction of sp³-hybridized carbons (Fsp3) is 0.438. The highest BCUT2D eigenvalue weighted by Crippen LogP contribution is 2.43. The van der Waals surface area contributed by atoms with Gasteiger partial charge in [-0.3, -0.25) is 19.6 Å². The molecule has 2 aliphatic rings. The number of benzene rings is 2. The van der Waals surface area contributed by atoms with Crippen molar-refractivity contribution in [2.45, 2.75) is 59.1 Å². The third kappa shape index (κ3) is 5.90. The lowest BCUT2D eigenvalue weighted by Gasteiger charge is -2.35. The van der Waals surface area contributed by atoms with Crippen LogP contribution in [-0.2, 0) is 9.53 Å². The van der Waals surface area contributed by atoms with Crippen molar-refractivity contribution >= 4 is 23.4 Å². The zero-order valence-corrected chi connectivity index (χ0v) is 24.9. The first-order chi connectivity index (χ1) is 20.3. The number of nitro groups is 1. The van der Waals surface area contributed by atoms with E-state index in [1.807, 2.05) is 54.8 Å². The van der Waals surface area contributed by atoms with Crippen molar-refractivity contribution in [2.75, 3.05) is 42.9 Å². The Hall–Kier alpha value is -4.18. The van der Waals surface area contributed by atoms with Crippen LogP contribution in [0.1, 0.15) is 69.0 Å². The van der Waals surface area contributed by atoms with Gasteiger partial charge in [0, 0.05) is 37.5 Å². The molecule has 222 valence electrons. The summed E-state index contributed by atoms with van der Waals surface area (Å²) in [6.07, 6.45) is 3.03. The molecule has 5 rings (SSSR count). The van der Waals surface area contributed by atoms with Crippen LogP contribution in [0.2, 0.25) is 0 Å². The van der Waals surface area contributed by atoms with E-state index in [-0.39, 0.29) is 5.69 Å². The van der Waals surface area contributed by atoms with Gasteiger partial charge < -0.3 is 15.0 Å². The van der Waals surface area contributed by atoms with Gasteiger partial charge in [-0.2, -0.15) is 0 Å². The summed E-state index contributed by atoms with van der Waals surface area (Å²) in [5.74, 6) is 1.00. The standard InChI is InChI=1S/C32H40N6O4/c1-5-36(6-2)30-23(4)34-32-33-22(3)28(29(37(30)32)25-16-13-17-26(20-25)38(40)41)31(39)42-27(24-14-9-7-10-15-24)21-35-18-11-8-12-19-35/h7,9-10,13-17,20,27,29H,5-6,8,11-12,18-19,21H2,1-4H3,(H,33,34). The molecule has 10 heteroatoms. The molecule has 0 spiro atoms. The predicted octanol–water partition coefficient (Wildman–Crippen LogP) is 6.01. The van der Waals surface area contributed by atoms with E-state index in [9.17, 15) is 14.9 Å². The Morgan fingerprint density at radius 3 is 2.48 bits per heavy atom. The maximum absolute atomic E-state index is 14.4.